The number of benzene rings is 3. The first-order chi connectivity index (χ1) is 12.3. The third-order valence-electron chi connectivity index (χ3n) is 4.74. The lowest BCUT2D eigenvalue weighted by Crippen LogP contribution is -2.48. The number of quaternary nitrogens is 1. The minimum absolute atomic E-state index is 0.136. The summed E-state index contributed by atoms with van der Waals surface area (Å²) in [7, 11) is 0. The van der Waals surface area contributed by atoms with E-state index in [0.29, 0.717) is 4.48 Å². The molecule has 0 saturated carbocycles. The Morgan fingerprint density at radius 3 is 1.36 bits per heavy atom. The van der Waals surface area contributed by atoms with Gasteiger partial charge in [0.2, 0.25) is 0 Å². The zero-order chi connectivity index (χ0) is 17.4. The summed E-state index contributed by atoms with van der Waals surface area (Å²) in [6.45, 7) is 2.71. The van der Waals surface area contributed by atoms with Crippen molar-refractivity contribution in [2.75, 3.05) is 13.3 Å². The zero-order valence-corrected chi connectivity index (χ0v) is 14.6. The van der Waals surface area contributed by atoms with E-state index in [4.69, 9.17) is 0 Å². The molecular formula is C23H26NO+. The highest BCUT2D eigenvalue weighted by molar-refractivity contribution is 5.16. The molecule has 0 heterocycles. The second-order valence-corrected chi connectivity index (χ2v) is 6.73. The van der Waals surface area contributed by atoms with Crippen LogP contribution in [0.5, 0.6) is 0 Å². The summed E-state index contributed by atoms with van der Waals surface area (Å²) in [5.74, 6) is 0. The Kier molecular flexibility index (Phi) is 5.99. The predicted octanol–water partition coefficient (Wildman–Crippen LogP) is 4.40. The standard InChI is InChI=1S/C23H26NO/c25-20-24(18-22-12-6-2-7-13-22,19-23-14-8-3-9-15-23)17-16-21-10-4-1-5-11-21/h1-15,25H,16-20H2/q+1. The van der Waals surface area contributed by atoms with Crippen molar-refractivity contribution in [2.24, 2.45) is 0 Å². The minimum Gasteiger partial charge on any atom is -0.347 e. The third-order valence-corrected chi connectivity index (χ3v) is 4.74. The molecule has 0 atom stereocenters. The first-order valence-corrected chi connectivity index (χ1v) is 8.87. The SMILES string of the molecule is OC[N+](CCc1ccccc1)(Cc1ccccc1)Cc1ccccc1. The van der Waals surface area contributed by atoms with Crippen LogP contribution in [0.1, 0.15) is 16.7 Å². The second-order valence-electron chi connectivity index (χ2n) is 6.73. The smallest absolute Gasteiger partial charge is 0.180 e. The van der Waals surface area contributed by atoms with Crippen LogP contribution in [0, 0.1) is 0 Å². The van der Waals surface area contributed by atoms with Gasteiger partial charge in [0.1, 0.15) is 13.1 Å². The molecule has 0 aliphatic carbocycles. The first kappa shape index (κ1) is 17.4. The molecule has 0 aliphatic rings. The van der Waals surface area contributed by atoms with E-state index in [1.165, 1.54) is 16.7 Å². The van der Waals surface area contributed by atoms with Gasteiger partial charge in [0.05, 0.1) is 6.54 Å². The maximum atomic E-state index is 10.3. The summed E-state index contributed by atoms with van der Waals surface area (Å²) in [5.41, 5.74) is 3.85. The van der Waals surface area contributed by atoms with Crippen molar-refractivity contribution in [1.82, 2.24) is 0 Å². The molecule has 0 spiro atoms. The van der Waals surface area contributed by atoms with Crippen LogP contribution in [-0.4, -0.2) is 22.9 Å². The fourth-order valence-corrected chi connectivity index (χ4v) is 3.34. The quantitative estimate of drug-likeness (QED) is 0.479. The van der Waals surface area contributed by atoms with E-state index in [1.807, 2.05) is 18.2 Å². The molecule has 3 rings (SSSR count). The Morgan fingerprint density at radius 1 is 0.560 bits per heavy atom. The summed E-state index contributed by atoms with van der Waals surface area (Å²) >= 11 is 0. The van der Waals surface area contributed by atoms with E-state index >= 15 is 0 Å². The minimum atomic E-state index is 0.136. The highest BCUT2D eigenvalue weighted by atomic mass is 16.3. The lowest BCUT2D eigenvalue weighted by atomic mass is 10.1. The van der Waals surface area contributed by atoms with Gasteiger partial charge in [-0.3, -0.25) is 4.48 Å². The molecule has 0 aromatic heterocycles. The molecule has 1 N–H and O–H groups in total. The highest BCUT2D eigenvalue weighted by Gasteiger charge is 2.27. The number of hydrogen-bond acceptors (Lipinski definition) is 1. The van der Waals surface area contributed by atoms with Gasteiger partial charge in [0.25, 0.3) is 0 Å². The van der Waals surface area contributed by atoms with Crippen LogP contribution >= 0.6 is 0 Å². The van der Waals surface area contributed by atoms with Crippen molar-refractivity contribution < 1.29 is 9.59 Å². The van der Waals surface area contributed by atoms with E-state index in [2.05, 4.69) is 72.8 Å². The van der Waals surface area contributed by atoms with Crippen molar-refractivity contribution in [3.05, 3.63) is 108 Å². The molecule has 2 nitrogen and oxygen atoms in total. The number of aliphatic hydroxyl groups is 1. The molecule has 0 fully saturated rings. The number of hydrogen-bond donors (Lipinski definition) is 1. The Bertz CT molecular complexity index is 699. The molecule has 0 saturated heterocycles. The van der Waals surface area contributed by atoms with Crippen molar-refractivity contribution in [3.8, 4) is 0 Å². The fraction of sp³-hybridized carbons (Fsp3) is 0.217. The first-order valence-electron chi connectivity index (χ1n) is 8.87. The topological polar surface area (TPSA) is 20.2 Å². The highest BCUT2D eigenvalue weighted by Crippen LogP contribution is 2.20. The maximum Gasteiger partial charge on any atom is 0.180 e. The van der Waals surface area contributed by atoms with Gasteiger partial charge >= 0.3 is 0 Å². The summed E-state index contributed by atoms with van der Waals surface area (Å²) in [4.78, 5) is 0. The van der Waals surface area contributed by atoms with Crippen molar-refractivity contribution in [3.63, 3.8) is 0 Å². The lowest BCUT2D eigenvalue weighted by molar-refractivity contribution is -0.969. The number of aliphatic hydroxyl groups excluding tert-OH is 1. The summed E-state index contributed by atoms with van der Waals surface area (Å²) in [6.07, 6.45) is 0.959. The molecule has 3 aromatic rings. The molecule has 25 heavy (non-hydrogen) atoms. The number of nitrogens with zero attached hydrogens (tertiary/aromatic N) is 1. The summed E-state index contributed by atoms with van der Waals surface area (Å²) in [5, 5.41) is 10.3. The molecule has 128 valence electrons. The normalized spacial score (nSPS) is 11.4. The Balaban J connectivity index is 1.82. The number of rotatable bonds is 8. The van der Waals surface area contributed by atoms with Gasteiger partial charge in [0.15, 0.2) is 6.73 Å². The van der Waals surface area contributed by atoms with Crippen LogP contribution in [0.3, 0.4) is 0 Å². The predicted molar refractivity (Wildman–Crippen MR) is 103 cm³/mol. The van der Waals surface area contributed by atoms with E-state index in [9.17, 15) is 5.11 Å². The Morgan fingerprint density at radius 2 is 0.960 bits per heavy atom. The van der Waals surface area contributed by atoms with Crippen molar-refractivity contribution >= 4 is 0 Å². The maximum absolute atomic E-state index is 10.3. The van der Waals surface area contributed by atoms with Gasteiger partial charge < -0.3 is 5.11 Å². The average molecular weight is 332 g/mol. The van der Waals surface area contributed by atoms with Crippen molar-refractivity contribution in [2.45, 2.75) is 19.5 Å². The monoisotopic (exact) mass is 332 g/mol. The molecule has 3 aromatic carbocycles. The van der Waals surface area contributed by atoms with E-state index in [-0.39, 0.29) is 6.73 Å². The molecule has 0 unspecified atom stereocenters. The van der Waals surface area contributed by atoms with E-state index in [0.717, 1.165) is 26.1 Å². The summed E-state index contributed by atoms with van der Waals surface area (Å²) in [6, 6.07) is 31.5. The molecule has 2 heteroatoms. The summed E-state index contributed by atoms with van der Waals surface area (Å²) < 4.78 is 0.642. The van der Waals surface area contributed by atoms with Crippen LogP contribution in [0.15, 0.2) is 91.0 Å². The molecule has 0 bridgehead atoms. The van der Waals surface area contributed by atoms with Crippen LogP contribution < -0.4 is 0 Å². The fourth-order valence-electron chi connectivity index (χ4n) is 3.34. The van der Waals surface area contributed by atoms with E-state index < -0.39 is 0 Å². The van der Waals surface area contributed by atoms with Crippen LogP contribution in [0.4, 0.5) is 0 Å². The zero-order valence-electron chi connectivity index (χ0n) is 14.6. The van der Waals surface area contributed by atoms with Crippen LogP contribution in [0.25, 0.3) is 0 Å². The second kappa shape index (κ2) is 8.61. The molecule has 0 radical (unpaired) electrons. The third kappa shape index (κ3) is 5.02. The largest absolute Gasteiger partial charge is 0.347 e. The average Bonchev–Trinajstić information content (AvgIpc) is 2.68. The van der Waals surface area contributed by atoms with Crippen molar-refractivity contribution in [1.29, 1.82) is 0 Å². The van der Waals surface area contributed by atoms with Gasteiger partial charge in [-0.1, -0.05) is 91.0 Å². The van der Waals surface area contributed by atoms with Gasteiger partial charge in [-0.2, -0.15) is 0 Å². The molecule has 0 amide bonds. The molecular weight excluding hydrogens is 306 g/mol. The van der Waals surface area contributed by atoms with Gasteiger partial charge in [-0.15, -0.1) is 0 Å². The lowest BCUT2D eigenvalue weighted by Gasteiger charge is -2.37. The van der Waals surface area contributed by atoms with Gasteiger partial charge in [-0.05, 0) is 5.56 Å². The van der Waals surface area contributed by atoms with Gasteiger partial charge in [-0.25, -0.2) is 0 Å². The Labute approximate surface area is 150 Å². The van der Waals surface area contributed by atoms with E-state index in [1.54, 1.807) is 0 Å². The van der Waals surface area contributed by atoms with Crippen LogP contribution in [0.2, 0.25) is 0 Å². The van der Waals surface area contributed by atoms with Crippen LogP contribution in [-0.2, 0) is 19.5 Å². The Hall–Kier alpha value is -2.42. The molecule has 0 aliphatic heterocycles. The van der Waals surface area contributed by atoms with Gasteiger partial charge in [0, 0.05) is 17.5 Å².